The van der Waals surface area contributed by atoms with E-state index in [1.54, 1.807) is 0 Å². The van der Waals surface area contributed by atoms with Gasteiger partial charge >= 0.3 is 0 Å². The fraction of sp³-hybridized carbons (Fsp3) is 1.00. The standard InChI is InChI=1S/C10H22N2.C9H19N.C8H17NO.3C8H17N.2C8H16/c1-9(2)12-7-5-10(6-8-12)11(3)4;1-8(2)9-5-4-6-10(3)7-9;1-7(2)8-6-10-5-4-9(8)3;1-7(2)9-5-4-8(3)6-9;2*1-8(2)9-6-4-3-5-7-9;2*1-7(2)8-5-3-4-6-8/h9-10H,5-8H2,1-4H3;8-9H,4-7H2,1-3H3;7-8H,4-6H2,1-3H3;7-8H,4-6H2,1-3H3;2*8H,3-7H2,1-2H3;2*7-8H,3-6H2,1-2H3. The molecule has 3 atom stereocenters. The van der Waals surface area contributed by atoms with E-state index in [0.29, 0.717) is 12.0 Å². The molecule has 0 aromatic rings. The Kier molecular flexibility index (Phi) is 41.2. The summed E-state index contributed by atoms with van der Waals surface area (Å²) in [4.78, 5) is 17.4. The summed E-state index contributed by atoms with van der Waals surface area (Å²) in [6.45, 7) is 55.2. The Hall–Kier alpha value is -0.320. The molecule has 6 heterocycles. The quantitative estimate of drug-likeness (QED) is 0.226. The minimum atomic E-state index is 0.633. The SMILES string of the molecule is CC(C)C1CCCC1.CC(C)C1CCCC1.CC(C)C1CCCN(C)C1.CC(C)C1COCCN1C.CC(C)N1CCC(N(C)C)CC1.CC(C)N1CCCCC1.CC(C)N1CCCCC1.CC1CCN(C(C)C)C1. The molecule has 2 aliphatic carbocycles. The van der Waals surface area contributed by atoms with Crippen molar-refractivity contribution in [1.29, 1.82) is 0 Å². The second kappa shape index (κ2) is 42.5. The van der Waals surface area contributed by atoms with E-state index >= 15 is 0 Å². The summed E-state index contributed by atoms with van der Waals surface area (Å²) >= 11 is 0. The van der Waals surface area contributed by atoms with E-state index in [0.717, 1.165) is 91.4 Å². The average molecular weight is 1060 g/mol. The molecule has 6 saturated heterocycles. The summed E-state index contributed by atoms with van der Waals surface area (Å²) in [5.74, 6) is 7.50. The molecule has 0 radical (unpaired) electrons. The minimum Gasteiger partial charge on any atom is -0.378 e. The summed E-state index contributed by atoms with van der Waals surface area (Å²) in [6, 6.07) is 4.48. The van der Waals surface area contributed by atoms with E-state index < -0.39 is 0 Å². The summed E-state index contributed by atoms with van der Waals surface area (Å²) in [5, 5.41) is 0. The number of hydrogen-bond donors (Lipinski definition) is 0. The average Bonchev–Trinajstić information content (AvgIpc) is 4.22. The molecule has 3 unspecified atom stereocenters. The monoisotopic (exact) mass is 1060 g/mol. The molecule has 0 aromatic heterocycles. The lowest BCUT2D eigenvalue weighted by atomic mass is 9.88. The van der Waals surface area contributed by atoms with Gasteiger partial charge in [0.15, 0.2) is 0 Å². The van der Waals surface area contributed by atoms with Crippen LogP contribution in [0.1, 0.15) is 240 Å². The van der Waals surface area contributed by atoms with Crippen molar-refractivity contribution in [3.63, 3.8) is 0 Å². The van der Waals surface area contributed by atoms with Crippen LogP contribution in [-0.4, -0.2) is 184 Å². The highest BCUT2D eigenvalue weighted by molar-refractivity contribution is 4.79. The Labute approximate surface area is 473 Å². The Morgan fingerprint density at radius 3 is 1.01 bits per heavy atom. The first-order chi connectivity index (χ1) is 35.4. The Morgan fingerprint density at radius 1 is 0.373 bits per heavy atom. The van der Waals surface area contributed by atoms with Gasteiger partial charge in [0.1, 0.15) is 0 Å². The molecule has 0 amide bonds. The van der Waals surface area contributed by atoms with Crippen molar-refractivity contribution >= 4 is 0 Å². The number of ether oxygens (including phenoxy) is 1. The highest BCUT2D eigenvalue weighted by atomic mass is 16.5. The zero-order chi connectivity index (χ0) is 56.5. The van der Waals surface area contributed by atoms with Crippen LogP contribution in [0, 0.1) is 47.3 Å². The largest absolute Gasteiger partial charge is 0.378 e. The number of likely N-dealkylation sites (N-methyl/N-ethyl adjacent to an activating group) is 1. The highest BCUT2D eigenvalue weighted by Gasteiger charge is 2.24. The van der Waals surface area contributed by atoms with E-state index in [2.05, 4.69) is 180 Å². The van der Waals surface area contributed by atoms with Crippen molar-refractivity contribution in [3.8, 4) is 0 Å². The van der Waals surface area contributed by atoms with Gasteiger partial charge in [0, 0.05) is 55.9 Å². The lowest BCUT2D eigenvalue weighted by Crippen LogP contribution is -2.45. The minimum absolute atomic E-state index is 0.633. The van der Waals surface area contributed by atoms with Crippen LogP contribution in [-0.2, 0) is 4.74 Å². The Morgan fingerprint density at radius 2 is 0.760 bits per heavy atom. The van der Waals surface area contributed by atoms with Gasteiger partial charge in [-0.1, -0.05) is 127 Å². The van der Waals surface area contributed by atoms with Gasteiger partial charge in [0.05, 0.1) is 13.2 Å². The normalized spacial score (nSPS) is 25.4. The van der Waals surface area contributed by atoms with Gasteiger partial charge in [0.25, 0.3) is 0 Å². The van der Waals surface area contributed by atoms with Crippen LogP contribution < -0.4 is 0 Å². The van der Waals surface area contributed by atoms with Crippen LogP contribution in [0.25, 0.3) is 0 Å². The maximum atomic E-state index is 5.37. The van der Waals surface area contributed by atoms with Crippen molar-refractivity contribution < 1.29 is 4.74 Å². The molecule has 8 rings (SSSR count). The maximum absolute atomic E-state index is 5.37. The Balaban J connectivity index is 0.000000430. The van der Waals surface area contributed by atoms with Crippen LogP contribution in [0.2, 0.25) is 0 Å². The molecule has 6 aliphatic heterocycles. The van der Waals surface area contributed by atoms with Gasteiger partial charge in [-0.2, -0.15) is 0 Å². The Bertz CT molecular complexity index is 1190. The van der Waals surface area contributed by atoms with Crippen molar-refractivity contribution in [3.05, 3.63) is 0 Å². The van der Waals surface area contributed by atoms with E-state index in [1.807, 2.05) is 0 Å². The third kappa shape index (κ3) is 33.9. The first-order valence-electron chi connectivity index (χ1n) is 33.0. The second-order valence-corrected chi connectivity index (χ2v) is 28.0. The maximum Gasteiger partial charge on any atom is 0.0624 e. The summed E-state index contributed by atoms with van der Waals surface area (Å²) in [6.07, 6.45) is 27.4. The van der Waals surface area contributed by atoms with Crippen molar-refractivity contribution in [2.75, 3.05) is 113 Å². The van der Waals surface area contributed by atoms with Crippen LogP contribution >= 0.6 is 0 Å². The van der Waals surface area contributed by atoms with Crippen molar-refractivity contribution in [2.45, 2.75) is 276 Å². The molecule has 8 aliphatic rings. The molecule has 2 saturated carbocycles. The molecule has 450 valence electrons. The topological polar surface area (TPSA) is 31.9 Å². The van der Waals surface area contributed by atoms with E-state index in [4.69, 9.17) is 4.74 Å². The molecular formula is C67H141N7O. The zero-order valence-electron chi connectivity index (χ0n) is 55.2. The van der Waals surface area contributed by atoms with Gasteiger partial charge in [-0.05, 0) is 241 Å². The van der Waals surface area contributed by atoms with Gasteiger partial charge in [0.2, 0.25) is 0 Å². The van der Waals surface area contributed by atoms with Crippen LogP contribution in [0.3, 0.4) is 0 Å². The van der Waals surface area contributed by atoms with E-state index in [9.17, 15) is 0 Å². The van der Waals surface area contributed by atoms with E-state index in [-0.39, 0.29) is 0 Å². The summed E-state index contributed by atoms with van der Waals surface area (Å²) in [5.41, 5.74) is 0. The summed E-state index contributed by atoms with van der Waals surface area (Å²) < 4.78 is 5.37. The number of nitrogens with zero attached hydrogens (tertiary/aromatic N) is 7. The number of rotatable bonds is 9. The van der Waals surface area contributed by atoms with Gasteiger partial charge < -0.3 is 34.1 Å². The predicted molar refractivity (Wildman–Crippen MR) is 336 cm³/mol. The fourth-order valence-corrected chi connectivity index (χ4v) is 12.6. The molecule has 8 nitrogen and oxygen atoms in total. The van der Waals surface area contributed by atoms with Crippen LogP contribution in [0.15, 0.2) is 0 Å². The number of morpholine rings is 1. The zero-order valence-corrected chi connectivity index (χ0v) is 55.2. The third-order valence-corrected chi connectivity index (χ3v) is 18.9. The van der Waals surface area contributed by atoms with E-state index in [1.165, 1.54) is 187 Å². The summed E-state index contributed by atoms with van der Waals surface area (Å²) in [7, 11) is 8.78. The first kappa shape index (κ1) is 72.7. The number of piperidine rings is 4. The second-order valence-electron chi connectivity index (χ2n) is 28.0. The lowest BCUT2D eigenvalue weighted by Gasteiger charge is -2.37. The lowest BCUT2D eigenvalue weighted by molar-refractivity contribution is -0.0111. The van der Waals surface area contributed by atoms with Crippen LogP contribution in [0.4, 0.5) is 0 Å². The highest BCUT2D eigenvalue weighted by Crippen LogP contribution is 2.31. The van der Waals surface area contributed by atoms with Crippen molar-refractivity contribution in [2.24, 2.45) is 47.3 Å². The molecule has 75 heavy (non-hydrogen) atoms. The number of likely N-dealkylation sites (tertiary alicyclic amines) is 5. The predicted octanol–water partition coefficient (Wildman–Crippen LogP) is 15.5. The van der Waals surface area contributed by atoms with Crippen LogP contribution in [0.5, 0.6) is 0 Å². The molecule has 0 aromatic carbocycles. The molecule has 0 bridgehead atoms. The van der Waals surface area contributed by atoms with Crippen molar-refractivity contribution in [1.82, 2.24) is 34.3 Å². The van der Waals surface area contributed by atoms with Gasteiger partial charge in [-0.25, -0.2) is 0 Å². The fourth-order valence-electron chi connectivity index (χ4n) is 12.6. The first-order valence-corrected chi connectivity index (χ1v) is 33.0. The number of hydrogen-bond acceptors (Lipinski definition) is 8. The molecular weight excluding hydrogens is 919 g/mol. The molecule has 8 fully saturated rings. The molecule has 0 spiro atoms. The molecule has 8 heteroatoms. The van der Waals surface area contributed by atoms with Gasteiger partial charge in [-0.3, -0.25) is 4.90 Å². The smallest absolute Gasteiger partial charge is 0.0624 e. The van der Waals surface area contributed by atoms with Gasteiger partial charge in [-0.15, -0.1) is 0 Å². The molecule has 0 N–H and O–H groups in total. The third-order valence-electron chi connectivity index (χ3n) is 18.9.